The maximum Gasteiger partial charge on any atom is 0.203 e. The molecule has 2 N–H and O–H groups in total. The van der Waals surface area contributed by atoms with Gasteiger partial charge in [0.25, 0.3) is 0 Å². The third kappa shape index (κ3) is 3.07. The number of fused-ring (bicyclic) bond motifs is 1. The zero-order valence-corrected chi connectivity index (χ0v) is 12.0. The number of aromatic nitrogens is 2. The minimum atomic E-state index is 0.117. The normalized spacial score (nSPS) is 12.0. The van der Waals surface area contributed by atoms with E-state index in [1.54, 1.807) is 0 Å². The molecular weight excluding hydrogens is 238 g/mol. The maximum absolute atomic E-state index is 9.22. The lowest BCUT2D eigenvalue weighted by molar-refractivity contribution is 0.278. The third-order valence-electron chi connectivity index (χ3n) is 3.66. The van der Waals surface area contributed by atoms with Crippen LogP contribution in [0.15, 0.2) is 24.3 Å². The standard InChI is InChI=1S/C15H23N3O/c1-4-15(2,3)11-16-14-17-12-7-5-6-8-13(12)18(14)9-10-19/h5-8,19H,4,9-11H2,1-3H3,(H,16,17). The highest BCUT2D eigenvalue weighted by atomic mass is 16.3. The molecule has 2 rings (SSSR count). The van der Waals surface area contributed by atoms with Crippen LogP contribution in [-0.2, 0) is 6.54 Å². The van der Waals surface area contributed by atoms with Crippen molar-refractivity contribution in [1.82, 2.24) is 9.55 Å². The van der Waals surface area contributed by atoms with Crippen molar-refractivity contribution in [3.05, 3.63) is 24.3 Å². The van der Waals surface area contributed by atoms with E-state index < -0.39 is 0 Å². The Morgan fingerprint density at radius 3 is 2.74 bits per heavy atom. The van der Waals surface area contributed by atoms with E-state index in [-0.39, 0.29) is 12.0 Å². The fraction of sp³-hybridized carbons (Fsp3) is 0.533. The predicted octanol–water partition coefficient (Wildman–Crippen LogP) is 2.88. The van der Waals surface area contributed by atoms with Crippen LogP contribution < -0.4 is 5.32 Å². The summed E-state index contributed by atoms with van der Waals surface area (Å²) in [6.07, 6.45) is 1.11. The number of aliphatic hydroxyl groups is 1. The van der Waals surface area contributed by atoms with Crippen LogP contribution in [0.25, 0.3) is 11.0 Å². The number of aliphatic hydroxyl groups excluding tert-OH is 1. The Morgan fingerprint density at radius 1 is 1.32 bits per heavy atom. The van der Waals surface area contributed by atoms with Gasteiger partial charge in [0.15, 0.2) is 0 Å². The fourth-order valence-electron chi connectivity index (χ4n) is 1.98. The summed E-state index contributed by atoms with van der Waals surface area (Å²) in [5.74, 6) is 0.844. The predicted molar refractivity (Wildman–Crippen MR) is 79.4 cm³/mol. The Bertz CT molecular complexity index is 545. The molecule has 0 aliphatic rings. The highest BCUT2D eigenvalue weighted by molar-refractivity contribution is 5.78. The number of nitrogens with one attached hydrogen (secondary N) is 1. The van der Waals surface area contributed by atoms with Crippen LogP contribution in [-0.4, -0.2) is 27.8 Å². The number of imidazole rings is 1. The molecule has 0 saturated carbocycles. The molecule has 0 saturated heterocycles. The smallest absolute Gasteiger partial charge is 0.203 e. The molecule has 0 amide bonds. The van der Waals surface area contributed by atoms with Gasteiger partial charge < -0.3 is 15.0 Å². The summed E-state index contributed by atoms with van der Waals surface area (Å²) < 4.78 is 2.04. The summed E-state index contributed by atoms with van der Waals surface area (Å²) in [5.41, 5.74) is 2.27. The van der Waals surface area contributed by atoms with E-state index in [1.807, 2.05) is 28.8 Å². The van der Waals surface area contributed by atoms with Crippen LogP contribution in [0, 0.1) is 5.41 Å². The molecule has 4 heteroatoms. The number of benzene rings is 1. The summed E-state index contributed by atoms with van der Waals surface area (Å²) >= 11 is 0. The van der Waals surface area contributed by atoms with Crippen LogP contribution in [0.2, 0.25) is 0 Å². The number of hydrogen-bond donors (Lipinski definition) is 2. The molecule has 4 nitrogen and oxygen atoms in total. The van der Waals surface area contributed by atoms with Crippen molar-refractivity contribution in [3.8, 4) is 0 Å². The van der Waals surface area contributed by atoms with Gasteiger partial charge in [-0.25, -0.2) is 4.98 Å². The lowest BCUT2D eigenvalue weighted by atomic mass is 9.90. The number of para-hydroxylation sites is 2. The molecule has 0 fully saturated rings. The van der Waals surface area contributed by atoms with Crippen molar-refractivity contribution in [1.29, 1.82) is 0 Å². The third-order valence-corrected chi connectivity index (χ3v) is 3.66. The summed E-state index contributed by atoms with van der Waals surface area (Å²) in [6, 6.07) is 8.02. The second kappa shape index (κ2) is 5.61. The molecule has 19 heavy (non-hydrogen) atoms. The van der Waals surface area contributed by atoms with Gasteiger partial charge in [-0.15, -0.1) is 0 Å². The highest BCUT2D eigenvalue weighted by Gasteiger charge is 2.17. The van der Waals surface area contributed by atoms with Gasteiger partial charge in [0, 0.05) is 13.1 Å². The van der Waals surface area contributed by atoms with Gasteiger partial charge in [-0.2, -0.15) is 0 Å². The molecule has 1 heterocycles. The Labute approximate surface area is 114 Å². The lowest BCUT2D eigenvalue weighted by Crippen LogP contribution is -2.23. The van der Waals surface area contributed by atoms with Crippen molar-refractivity contribution in [2.24, 2.45) is 5.41 Å². The molecule has 0 aliphatic carbocycles. The van der Waals surface area contributed by atoms with Crippen molar-refractivity contribution < 1.29 is 5.11 Å². The van der Waals surface area contributed by atoms with E-state index in [4.69, 9.17) is 0 Å². The number of anilines is 1. The fourth-order valence-corrected chi connectivity index (χ4v) is 1.98. The molecule has 0 unspecified atom stereocenters. The van der Waals surface area contributed by atoms with Crippen molar-refractivity contribution in [3.63, 3.8) is 0 Å². The molecule has 0 radical (unpaired) electrons. The molecule has 1 aromatic carbocycles. The topological polar surface area (TPSA) is 50.1 Å². The van der Waals surface area contributed by atoms with Crippen molar-refractivity contribution in [2.75, 3.05) is 18.5 Å². The second-order valence-electron chi connectivity index (χ2n) is 5.67. The first kappa shape index (κ1) is 13.9. The molecule has 0 bridgehead atoms. The maximum atomic E-state index is 9.22. The minimum absolute atomic E-state index is 0.117. The van der Waals surface area contributed by atoms with Gasteiger partial charge in [0.1, 0.15) is 0 Å². The van der Waals surface area contributed by atoms with Gasteiger partial charge >= 0.3 is 0 Å². The van der Waals surface area contributed by atoms with Crippen LogP contribution in [0.4, 0.5) is 5.95 Å². The first-order valence-corrected chi connectivity index (χ1v) is 6.87. The Balaban J connectivity index is 2.28. The Hall–Kier alpha value is -1.55. The summed E-state index contributed by atoms with van der Waals surface area (Å²) in [7, 11) is 0. The second-order valence-corrected chi connectivity index (χ2v) is 5.67. The van der Waals surface area contributed by atoms with E-state index in [2.05, 4.69) is 31.1 Å². The monoisotopic (exact) mass is 261 g/mol. The zero-order chi connectivity index (χ0) is 13.9. The summed E-state index contributed by atoms with van der Waals surface area (Å²) in [6.45, 7) is 8.22. The average Bonchev–Trinajstić information content (AvgIpc) is 2.76. The molecule has 0 aliphatic heterocycles. The molecule has 0 atom stereocenters. The van der Waals surface area contributed by atoms with Gasteiger partial charge in [-0.05, 0) is 24.0 Å². The van der Waals surface area contributed by atoms with Crippen LogP contribution in [0.3, 0.4) is 0 Å². The van der Waals surface area contributed by atoms with Crippen molar-refractivity contribution in [2.45, 2.75) is 33.7 Å². The summed E-state index contributed by atoms with van der Waals surface area (Å²) in [4.78, 5) is 4.61. The number of hydrogen-bond acceptors (Lipinski definition) is 3. The number of rotatable bonds is 6. The molecule has 2 aromatic rings. The molecular formula is C15H23N3O. The van der Waals surface area contributed by atoms with E-state index >= 15 is 0 Å². The quantitative estimate of drug-likeness (QED) is 0.840. The van der Waals surface area contributed by atoms with Gasteiger partial charge in [0.05, 0.1) is 17.6 Å². The first-order chi connectivity index (χ1) is 9.07. The molecule has 0 spiro atoms. The van der Waals surface area contributed by atoms with E-state index in [9.17, 15) is 5.11 Å². The first-order valence-electron chi connectivity index (χ1n) is 6.87. The molecule has 1 aromatic heterocycles. The van der Waals surface area contributed by atoms with E-state index in [0.29, 0.717) is 6.54 Å². The Morgan fingerprint density at radius 2 is 2.05 bits per heavy atom. The van der Waals surface area contributed by atoms with Crippen LogP contribution in [0.5, 0.6) is 0 Å². The van der Waals surface area contributed by atoms with E-state index in [1.165, 1.54) is 0 Å². The highest BCUT2D eigenvalue weighted by Crippen LogP contribution is 2.23. The van der Waals surface area contributed by atoms with E-state index in [0.717, 1.165) is 29.9 Å². The Kier molecular flexibility index (Phi) is 4.10. The molecule has 104 valence electrons. The zero-order valence-electron chi connectivity index (χ0n) is 12.0. The minimum Gasteiger partial charge on any atom is -0.395 e. The van der Waals surface area contributed by atoms with Crippen LogP contribution >= 0.6 is 0 Å². The van der Waals surface area contributed by atoms with Crippen molar-refractivity contribution >= 4 is 17.0 Å². The van der Waals surface area contributed by atoms with Gasteiger partial charge in [-0.1, -0.05) is 32.9 Å². The van der Waals surface area contributed by atoms with Crippen LogP contribution in [0.1, 0.15) is 27.2 Å². The lowest BCUT2D eigenvalue weighted by Gasteiger charge is -2.23. The van der Waals surface area contributed by atoms with Gasteiger partial charge in [-0.3, -0.25) is 0 Å². The average molecular weight is 261 g/mol. The number of nitrogens with zero attached hydrogens (tertiary/aromatic N) is 2. The largest absolute Gasteiger partial charge is 0.395 e. The van der Waals surface area contributed by atoms with Gasteiger partial charge in [0.2, 0.25) is 5.95 Å². The summed E-state index contributed by atoms with van der Waals surface area (Å²) in [5, 5.41) is 12.6. The SMILES string of the molecule is CCC(C)(C)CNc1nc2ccccc2n1CCO.